The zero-order valence-corrected chi connectivity index (χ0v) is 12.7. The molecule has 0 saturated heterocycles. The van der Waals surface area contributed by atoms with Gasteiger partial charge in [-0.25, -0.2) is 0 Å². The molecule has 0 spiro atoms. The minimum Gasteiger partial charge on any atom is -0.339 e. The summed E-state index contributed by atoms with van der Waals surface area (Å²) in [6, 6.07) is 9.82. The summed E-state index contributed by atoms with van der Waals surface area (Å²) in [6.45, 7) is 0. The molecule has 6 heteroatoms. The molecule has 2 aromatic rings. The quantitative estimate of drug-likeness (QED) is 0.681. The van der Waals surface area contributed by atoms with Gasteiger partial charge in [-0.15, -0.1) is 12.4 Å². The van der Waals surface area contributed by atoms with Crippen LogP contribution in [0.15, 0.2) is 34.9 Å². The molecule has 0 N–H and O–H groups in total. The fraction of sp³-hybridized carbons (Fsp3) is 0.385. The van der Waals surface area contributed by atoms with Crippen molar-refractivity contribution >= 4 is 25.0 Å². The summed E-state index contributed by atoms with van der Waals surface area (Å²) < 4.78 is 5.24. The second-order valence-electron chi connectivity index (χ2n) is 4.36. The molecule has 4 nitrogen and oxygen atoms in total. The van der Waals surface area contributed by atoms with Crippen LogP contribution in [0.5, 0.6) is 0 Å². The monoisotopic (exact) mass is 299 g/mol. The van der Waals surface area contributed by atoms with Gasteiger partial charge >= 0.3 is 0 Å². The van der Waals surface area contributed by atoms with Crippen LogP contribution in [0.3, 0.4) is 0 Å². The molecule has 0 saturated carbocycles. The predicted octanol–water partition coefficient (Wildman–Crippen LogP) is 2.91. The topological polar surface area (TPSA) is 42.2 Å². The van der Waals surface area contributed by atoms with Crippen LogP contribution in [0.1, 0.15) is 12.3 Å². The third kappa shape index (κ3) is 4.53. The van der Waals surface area contributed by atoms with Crippen LogP contribution in [0.4, 0.5) is 0 Å². The van der Waals surface area contributed by atoms with E-state index in [1.54, 1.807) is 0 Å². The molecule has 19 heavy (non-hydrogen) atoms. The van der Waals surface area contributed by atoms with Crippen LogP contribution in [-0.4, -0.2) is 34.5 Å². The summed E-state index contributed by atoms with van der Waals surface area (Å²) in [4.78, 5) is 6.43. The Hall–Kier alpha value is -1.04. The second-order valence-corrected chi connectivity index (χ2v) is 4.96. The molecule has 1 atom stereocenters. The minimum atomic E-state index is 0. The van der Waals surface area contributed by atoms with Crippen molar-refractivity contribution in [3.8, 4) is 11.4 Å². The van der Waals surface area contributed by atoms with Gasteiger partial charge in [0.2, 0.25) is 11.7 Å². The van der Waals surface area contributed by atoms with E-state index in [-0.39, 0.29) is 17.8 Å². The van der Waals surface area contributed by atoms with E-state index in [2.05, 4.69) is 27.7 Å². The first-order valence-corrected chi connectivity index (χ1v) is 6.41. The molecular formula is C13H18ClN3OS. The highest BCUT2D eigenvalue weighted by Gasteiger charge is 2.11. The number of nitrogens with zero attached hydrogens (tertiary/aromatic N) is 3. The largest absolute Gasteiger partial charge is 0.339 e. The number of rotatable bonds is 5. The van der Waals surface area contributed by atoms with Crippen molar-refractivity contribution in [2.24, 2.45) is 0 Å². The van der Waals surface area contributed by atoms with Crippen LogP contribution < -0.4 is 0 Å². The Balaban J connectivity index is 0.00000180. The van der Waals surface area contributed by atoms with Crippen LogP contribution in [-0.2, 0) is 6.42 Å². The number of hydrogen-bond donors (Lipinski definition) is 1. The Bertz CT molecular complexity index is 490. The molecule has 1 aromatic carbocycles. The molecule has 0 aliphatic rings. The molecular weight excluding hydrogens is 282 g/mol. The van der Waals surface area contributed by atoms with Crippen LogP contribution in [0.2, 0.25) is 0 Å². The van der Waals surface area contributed by atoms with Gasteiger partial charge in [-0.3, -0.25) is 4.90 Å². The molecule has 0 bridgehead atoms. The first-order valence-electron chi connectivity index (χ1n) is 5.89. The molecule has 2 rings (SSSR count). The molecule has 0 fully saturated rings. The Morgan fingerprint density at radius 2 is 1.95 bits per heavy atom. The Kier molecular flexibility index (Phi) is 6.34. The van der Waals surface area contributed by atoms with Crippen LogP contribution >= 0.6 is 25.0 Å². The van der Waals surface area contributed by atoms with Gasteiger partial charge in [0.15, 0.2) is 0 Å². The summed E-state index contributed by atoms with van der Waals surface area (Å²) in [6.07, 6.45) is 1.62. The van der Waals surface area contributed by atoms with E-state index in [0.717, 1.165) is 18.4 Å². The highest BCUT2D eigenvalue weighted by atomic mass is 35.5. The molecule has 0 unspecified atom stereocenters. The van der Waals surface area contributed by atoms with Crippen molar-refractivity contribution in [2.75, 3.05) is 14.1 Å². The standard InChI is InChI=1S/C13H17N3OS.ClH/c1-16(2)12(18)9-8-11-14-13(15-17-11)10-6-4-3-5-7-10;/h3-7,12,18H,8-9H2,1-2H3;1H/t12-;/m0./s1. The van der Waals surface area contributed by atoms with Gasteiger partial charge in [-0.1, -0.05) is 35.5 Å². The predicted molar refractivity (Wildman–Crippen MR) is 81.8 cm³/mol. The normalized spacial score (nSPS) is 12.2. The zero-order chi connectivity index (χ0) is 13.0. The maximum Gasteiger partial charge on any atom is 0.227 e. The van der Waals surface area contributed by atoms with Crippen molar-refractivity contribution in [1.29, 1.82) is 0 Å². The molecule has 0 aliphatic heterocycles. The smallest absolute Gasteiger partial charge is 0.227 e. The lowest BCUT2D eigenvalue weighted by Crippen LogP contribution is -2.22. The van der Waals surface area contributed by atoms with E-state index in [1.165, 1.54) is 0 Å². The molecule has 0 amide bonds. The van der Waals surface area contributed by atoms with Gasteiger partial charge in [0.05, 0.1) is 5.37 Å². The lowest BCUT2D eigenvalue weighted by Gasteiger charge is -2.17. The van der Waals surface area contributed by atoms with Gasteiger partial charge in [0.25, 0.3) is 0 Å². The number of hydrogen-bond acceptors (Lipinski definition) is 5. The number of aryl methyl sites for hydroxylation is 1. The zero-order valence-electron chi connectivity index (χ0n) is 11.0. The first-order chi connectivity index (χ1) is 8.66. The van der Waals surface area contributed by atoms with Gasteiger partial charge in [0.1, 0.15) is 0 Å². The maximum atomic E-state index is 5.24. The molecule has 104 valence electrons. The molecule has 0 radical (unpaired) electrons. The number of aromatic nitrogens is 2. The molecule has 0 aliphatic carbocycles. The van der Waals surface area contributed by atoms with Crippen LogP contribution in [0, 0.1) is 0 Å². The Labute approximate surface area is 125 Å². The fourth-order valence-electron chi connectivity index (χ4n) is 1.57. The van der Waals surface area contributed by atoms with E-state index < -0.39 is 0 Å². The van der Waals surface area contributed by atoms with Crippen molar-refractivity contribution in [3.05, 3.63) is 36.2 Å². The van der Waals surface area contributed by atoms with E-state index in [1.807, 2.05) is 44.4 Å². The van der Waals surface area contributed by atoms with E-state index in [4.69, 9.17) is 4.52 Å². The lowest BCUT2D eigenvalue weighted by atomic mass is 10.2. The average Bonchev–Trinajstić information content (AvgIpc) is 2.85. The van der Waals surface area contributed by atoms with Crippen molar-refractivity contribution in [2.45, 2.75) is 18.2 Å². The lowest BCUT2D eigenvalue weighted by molar-refractivity contribution is 0.339. The van der Waals surface area contributed by atoms with Crippen molar-refractivity contribution < 1.29 is 4.52 Å². The second kappa shape index (κ2) is 7.53. The Morgan fingerprint density at radius 3 is 2.58 bits per heavy atom. The van der Waals surface area contributed by atoms with Gasteiger partial charge in [-0.05, 0) is 20.5 Å². The van der Waals surface area contributed by atoms with Crippen molar-refractivity contribution in [3.63, 3.8) is 0 Å². The van der Waals surface area contributed by atoms with E-state index in [9.17, 15) is 0 Å². The highest BCUT2D eigenvalue weighted by Crippen LogP contribution is 2.16. The number of thiol groups is 1. The van der Waals surface area contributed by atoms with Crippen molar-refractivity contribution in [1.82, 2.24) is 15.0 Å². The third-order valence-electron chi connectivity index (χ3n) is 2.71. The SMILES string of the molecule is CN(C)[C@@H](S)CCc1nc(-c2ccccc2)no1.Cl. The third-order valence-corrected chi connectivity index (χ3v) is 3.43. The van der Waals surface area contributed by atoms with E-state index >= 15 is 0 Å². The van der Waals surface area contributed by atoms with Gasteiger partial charge in [0, 0.05) is 12.0 Å². The Morgan fingerprint density at radius 1 is 1.26 bits per heavy atom. The molecule has 1 heterocycles. The molecule has 1 aromatic heterocycles. The van der Waals surface area contributed by atoms with Gasteiger partial charge in [-0.2, -0.15) is 17.6 Å². The van der Waals surface area contributed by atoms with E-state index in [0.29, 0.717) is 11.7 Å². The summed E-state index contributed by atoms with van der Waals surface area (Å²) in [7, 11) is 4.00. The number of halogens is 1. The fourth-order valence-corrected chi connectivity index (χ4v) is 1.70. The number of benzene rings is 1. The maximum absolute atomic E-state index is 5.24. The first kappa shape index (κ1) is 16.0. The summed E-state index contributed by atoms with van der Waals surface area (Å²) in [5, 5.41) is 4.19. The summed E-state index contributed by atoms with van der Waals surface area (Å²) in [5.74, 6) is 1.31. The summed E-state index contributed by atoms with van der Waals surface area (Å²) >= 11 is 4.47. The minimum absolute atomic E-state index is 0. The van der Waals surface area contributed by atoms with Gasteiger partial charge < -0.3 is 4.52 Å². The average molecular weight is 300 g/mol. The highest BCUT2D eigenvalue weighted by molar-refractivity contribution is 7.80. The summed E-state index contributed by atoms with van der Waals surface area (Å²) in [5.41, 5.74) is 0.975. The van der Waals surface area contributed by atoms with Crippen LogP contribution in [0.25, 0.3) is 11.4 Å².